The van der Waals surface area contributed by atoms with Crippen LogP contribution in [0.15, 0.2) is 24.3 Å². The lowest BCUT2D eigenvalue weighted by Gasteiger charge is -2.34. The Labute approximate surface area is 125 Å². The zero-order chi connectivity index (χ0) is 14.5. The molecule has 1 aliphatic rings. The molecular formula is C19H31N. The largest absolute Gasteiger partial charge is 0.327 e. The first-order chi connectivity index (χ1) is 9.60. The van der Waals surface area contributed by atoms with Crippen LogP contribution in [-0.4, -0.2) is 6.04 Å². The van der Waals surface area contributed by atoms with Gasteiger partial charge < -0.3 is 5.73 Å². The molecule has 0 amide bonds. The summed E-state index contributed by atoms with van der Waals surface area (Å²) in [6.45, 7) is 6.80. The molecule has 1 fully saturated rings. The number of hydrogen-bond acceptors (Lipinski definition) is 1. The van der Waals surface area contributed by atoms with Crippen molar-refractivity contribution in [3.8, 4) is 0 Å². The fourth-order valence-corrected chi connectivity index (χ4v) is 3.63. The number of rotatable bonds is 5. The van der Waals surface area contributed by atoms with Crippen molar-refractivity contribution in [1.29, 1.82) is 0 Å². The summed E-state index contributed by atoms with van der Waals surface area (Å²) in [6, 6.07) is 9.61. The molecule has 0 bridgehead atoms. The zero-order valence-electron chi connectivity index (χ0n) is 13.4. The Bertz CT molecular complexity index is 393. The normalized spacial score (nSPS) is 26.9. The van der Waals surface area contributed by atoms with Gasteiger partial charge in [-0.2, -0.15) is 0 Å². The van der Waals surface area contributed by atoms with E-state index in [9.17, 15) is 0 Å². The highest BCUT2D eigenvalue weighted by molar-refractivity contribution is 5.25. The van der Waals surface area contributed by atoms with Gasteiger partial charge in [0.15, 0.2) is 0 Å². The summed E-state index contributed by atoms with van der Waals surface area (Å²) in [5.41, 5.74) is 9.26. The van der Waals surface area contributed by atoms with Crippen LogP contribution in [0.3, 0.4) is 0 Å². The molecule has 1 aromatic carbocycles. The van der Waals surface area contributed by atoms with Gasteiger partial charge in [0.25, 0.3) is 0 Å². The standard InChI is InChI=1S/C19H31N/c1-4-5-15-8-11-19(20)18(12-15)13-16-6-9-17(10-7-16)14(2)3/h6-7,9-10,14-15,18-19H,4-5,8,11-13,20H2,1-3H3. The minimum absolute atomic E-state index is 0.410. The highest BCUT2D eigenvalue weighted by atomic mass is 14.7. The van der Waals surface area contributed by atoms with Gasteiger partial charge in [0.2, 0.25) is 0 Å². The fourth-order valence-electron chi connectivity index (χ4n) is 3.63. The molecule has 0 saturated heterocycles. The van der Waals surface area contributed by atoms with Crippen LogP contribution in [0.2, 0.25) is 0 Å². The van der Waals surface area contributed by atoms with Crippen LogP contribution in [0.25, 0.3) is 0 Å². The van der Waals surface area contributed by atoms with Crippen molar-refractivity contribution in [3.63, 3.8) is 0 Å². The molecule has 0 heterocycles. The van der Waals surface area contributed by atoms with Crippen molar-refractivity contribution >= 4 is 0 Å². The van der Waals surface area contributed by atoms with E-state index in [0.29, 0.717) is 17.9 Å². The van der Waals surface area contributed by atoms with Gasteiger partial charge in [-0.25, -0.2) is 0 Å². The maximum Gasteiger partial charge on any atom is 0.00705 e. The first kappa shape index (κ1) is 15.6. The summed E-state index contributed by atoms with van der Waals surface area (Å²) in [6.07, 6.45) is 7.77. The van der Waals surface area contributed by atoms with Crippen molar-refractivity contribution in [3.05, 3.63) is 35.4 Å². The van der Waals surface area contributed by atoms with Crippen molar-refractivity contribution in [1.82, 2.24) is 0 Å². The van der Waals surface area contributed by atoms with E-state index >= 15 is 0 Å². The molecule has 3 unspecified atom stereocenters. The molecular weight excluding hydrogens is 242 g/mol. The highest BCUT2D eigenvalue weighted by Crippen LogP contribution is 2.33. The number of nitrogens with two attached hydrogens (primary N) is 1. The molecule has 1 aliphatic carbocycles. The molecule has 1 nitrogen and oxygen atoms in total. The molecule has 1 aromatic rings. The van der Waals surface area contributed by atoms with Crippen molar-refractivity contribution in [2.24, 2.45) is 17.6 Å². The van der Waals surface area contributed by atoms with Crippen LogP contribution < -0.4 is 5.73 Å². The van der Waals surface area contributed by atoms with Crippen molar-refractivity contribution in [2.75, 3.05) is 0 Å². The first-order valence-electron chi connectivity index (χ1n) is 8.44. The third kappa shape index (κ3) is 4.09. The van der Waals surface area contributed by atoms with Crippen LogP contribution in [0.4, 0.5) is 0 Å². The van der Waals surface area contributed by atoms with Gasteiger partial charge >= 0.3 is 0 Å². The second-order valence-corrected chi connectivity index (χ2v) is 6.99. The van der Waals surface area contributed by atoms with Crippen LogP contribution in [0.5, 0.6) is 0 Å². The Hall–Kier alpha value is -0.820. The van der Waals surface area contributed by atoms with Gasteiger partial charge in [0.05, 0.1) is 0 Å². The van der Waals surface area contributed by atoms with Gasteiger partial charge in [-0.15, -0.1) is 0 Å². The van der Waals surface area contributed by atoms with E-state index in [2.05, 4.69) is 45.0 Å². The Morgan fingerprint density at radius 1 is 1.15 bits per heavy atom. The third-order valence-corrected chi connectivity index (χ3v) is 4.99. The summed E-state index contributed by atoms with van der Waals surface area (Å²) in [7, 11) is 0. The molecule has 2 N–H and O–H groups in total. The highest BCUT2D eigenvalue weighted by Gasteiger charge is 2.27. The molecule has 0 spiro atoms. The molecule has 2 rings (SSSR count). The molecule has 0 aliphatic heterocycles. The van der Waals surface area contributed by atoms with Crippen LogP contribution in [0, 0.1) is 11.8 Å². The van der Waals surface area contributed by atoms with Gasteiger partial charge in [-0.05, 0) is 54.6 Å². The summed E-state index contributed by atoms with van der Waals surface area (Å²) in [5, 5.41) is 0. The average Bonchev–Trinajstić information content (AvgIpc) is 2.43. The summed E-state index contributed by atoms with van der Waals surface area (Å²) in [5.74, 6) is 2.22. The Morgan fingerprint density at radius 3 is 2.45 bits per heavy atom. The van der Waals surface area contributed by atoms with E-state index in [-0.39, 0.29) is 0 Å². The average molecular weight is 273 g/mol. The predicted molar refractivity (Wildman–Crippen MR) is 87.9 cm³/mol. The van der Waals surface area contributed by atoms with Crippen molar-refractivity contribution < 1.29 is 0 Å². The van der Waals surface area contributed by atoms with Gasteiger partial charge in [0.1, 0.15) is 0 Å². The van der Waals surface area contributed by atoms with E-state index in [4.69, 9.17) is 5.73 Å². The van der Waals surface area contributed by atoms with Gasteiger partial charge in [-0.1, -0.05) is 57.9 Å². The second-order valence-electron chi connectivity index (χ2n) is 6.99. The van der Waals surface area contributed by atoms with E-state index in [1.807, 2.05) is 0 Å². The minimum Gasteiger partial charge on any atom is -0.327 e. The maximum absolute atomic E-state index is 6.36. The van der Waals surface area contributed by atoms with Gasteiger partial charge in [-0.3, -0.25) is 0 Å². The lowest BCUT2D eigenvalue weighted by molar-refractivity contribution is 0.221. The number of hydrogen-bond donors (Lipinski definition) is 1. The lowest BCUT2D eigenvalue weighted by Crippen LogP contribution is -2.37. The van der Waals surface area contributed by atoms with E-state index < -0.39 is 0 Å². The molecule has 1 saturated carbocycles. The van der Waals surface area contributed by atoms with E-state index in [0.717, 1.165) is 5.92 Å². The smallest absolute Gasteiger partial charge is 0.00705 e. The molecule has 112 valence electrons. The molecule has 0 aromatic heterocycles. The summed E-state index contributed by atoms with van der Waals surface area (Å²) < 4.78 is 0. The molecule has 0 radical (unpaired) electrons. The van der Waals surface area contributed by atoms with E-state index in [1.54, 1.807) is 0 Å². The number of benzene rings is 1. The van der Waals surface area contributed by atoms with E-state index in [1.165, 1.54) is 49.7 Å². The first-order valence-corrected chi connectivity index (χ1v) is 8.44. The summed E-state index contributed by atoms with van der Waals surface area (Å²) in [4.78, 5) is 0. The predicted octanol–water partition coefficient (Wildman–Crippen LogP) is 4.90. The quantitative estimate of drug-likeness (QED) is 0.811. The third-order valence-electron chi connectivity index (χ3n) is 4.99. The Morgan fingerprint density at radius 2 is 1.85 bits per heavy atom. The van der Waals surface area contributed by atoms with Crippen LogP contribution in [-0.2, 0) is 6.42 Å². The zero-order valence-corrected chi connectivity index (χ0v) is 13.4. The molecule has 1 heteroatoms. The topological polar surface area (TPSA) is 26.0 Å². The lowest BCUT2D eigenvalue weighted by atomic mass is 9.74. The monoisotopic (exact) mass is 273 g/mol. The fraction of sp³-hybridized carbons (Fsp3) is 0.684. The Balaban J connectivity index is 1.96. The minimum atomic E-state index is 0.410. The maximum atomic E-state index is 6.36. The molecule has 3 atom stereocenters. The van der Waals surface area contributed by atoms with Crippen LogP contribution >= 0.6 is 0 Å². The molecule has 20 heavy (non-hydrogen) atoms. The summed E-state index contributed by atoms with van der Waals surface area (Å²) >= 11 is 0. The van der Waals surface area contributed by atoms with Gasteiger partial charge in [0, 0.05) is 6.04 Å². The second kappa shape index (κ2) is 7.26. The van der Waals surface area contributed by atoms with Crippen molar-refractivity contribution in [2.45, 2.75) is 71.3 Å². The SMILES string of the molecule is CCCC1CCC(N)C(Cc2ccc(C(C)C)cc2)C1. The Kier molecular flexibility index (Phi) is 5.65. The van der Waals surface area contributed by atoms with Crippen LogP contribution in [0.1, 0.15) is 69.9 Å².